The molecule has 3 aromatic rings. The van der Waals surface area contributed by atoms with Crippen LogP contribution in [-0.2, 0) is 13.6 Å². The van der Waals surface area contributed by atoms with Crippen molar-refractivity contribution in [3.8, 4) is 11.4 Å². The number of rotatable bonds is 4. The van der Waals surface area contributed by atoms with E-state index in [1.165, 1.54) is 6.42 Å². The highest BCUT2D eigenvalue weighted by atomic mass is 16.1. The molecule has 1 saturated carbocycles. The van der Waals surface area contributed by atoms with Crippen LogP contribution in [0.25, 0.3) is 11.4 Å². The summed E-state index contributed by atoms with van der Waals surface area (Å²) in [5.41, 5.74) is 1.89. The second kappa shape index (κ2) is 6.03. The molecule has 2 aromatic heterocycles. The van der Waals surface area contributed by atoms with Crippen molar-refractivity contribution in [2.45, 2.75) is 31.7 Å². The summed E-state index contributed by atoms with van der Waals surface area (Å²) in [7, 11) is 1.92. The van der Waals surface area contributed by atoms with Gasteiger partial charge in [0.1, 0.15) is 0 Å². The third-order valence-corrected chi connectivity index (χ3v) is 4.73. The van der Waals surface area contributed by atoms with Gasteiger partial charge in [-0.1, -0.05) is 36.8 Å². The minimum atomic E-state index is -0.0313. The van der Waals surface area contributed by atoms with Crippen molar-refractivity contribution in [3.05, 3.63) is 64.6 Å². The van der Waals surface area contributed by atoms with Crippen LogP contribution < -0.4 is 5.56 Å². The first-order valence-electron chi connectivity index (χ1n) is 8.22. The Morgan fingerprint density at radius 1 is 1.17 bits per heavy atom. The fraction of sp³-hybridized carbons (Fsp3) is 0.333. The molecule has 1 aliphatic carbocycles. The van der Waals surface area contributed by atoms with Crippen LogP contribution >= 0.6 is 0 Å². The Morgan fingerprint density at radius 3 is 2.62 bits per heavy atom. The molecule has 24 heavy (non-hydrogen) atoms. The number of aromatic nitrogens is 5. The van der Waals surface area contributed by atoms with Gasteiger partial charge in [0.2, 0.25) is 0 Å². The Bertz CT molecular complexity index is 909. The zero-order chi connectivity index (χ0) is 16.5. The molecule has 6 nitrogen and oxygen atoms in total. The van der Waals surface area contributed by atoms with Crippen LogP contribution in [0.4, 0.5) is 0 Å². The summed E-state index contributed by atoms with van der Waals surface area (Å²) < 4.78 is 3.50. The number of hydrogen-bond acceptors (Lipinski definition) is 4. The van der Waals surface area contributed by atoms with Crippen molar-refractivity contribution in [3.63, 3.8) is 0 Å². The topological polar surface area (TPSA) is 65.6 Å². The van der Waals surface area contributed by atoms with Crippen molar-refractivity contribution in [2.75, 3.05) is 0 Å². The molecule has 0 aliphatic heterocycles. The van der Waals surface area contributed by atoms with Gasteiger partial charge in [0.25, 0.3) is 5.56 Å². The standard InChI is InChI=1S/C18H19N5O/c1-22-16(20-21-18(22)14-6-3-2-4-7-14)11-23-12-19-15(10-17(23)24)13-8-5-9-13/h2-4,6-7,10,12-13H,5,8-9,11H2,1H3. The summed E-state index contributed by atoms with van der Waals surface area (Å²) in [6.07, 6.45) is 5.14. The van der Waals surface area contributed by atoms with Gasteiger partial charge in [0, 0.05) is 24.6 Å². The minimum absolute atomic E-state index is 0.0313. The quantitative estimate of drug-likeness (QED) is 0.740. The Morgan fingerprint density at radius 2 is 1.96 bits per heavy atom. The van der Waals surface area contributed by atoms with E-state index in [1.54, 1.807) is 17.0 Å². The minimum Gasteiger partial charge on any atom is -0.313 e. The summed E-state index contributed by atoms with van der Waals surface area (Å²) >= 11 is 0. The van der Waals surface area contributed by atoms with E-state index in [4.69, 9.17) is 0 Å². The molecule has 0 spiro atoms. The van der Waals surface area contributed by atoms with E-state index in [0.717, 1.165) is 35.7 Å². The SMILES string of the molecule is Cn1c(Cn2cnc(C3CCC3)cc2=O)nnc1-c1ccccc1. The third-order valence-electron chi connectivity index (χ3n) is 4.73. The number of nitrogens with zero attached hydrogens (tertiary/aromatic N) is 5. The highest BCUT2D eigenvalue weighted by Gasteiger charge is 2.21. The molecule has 6 heteroatoms. The first-order chi connectivity index (χ1) is 11.7. The highest BCUT2D eigenvalue weighted by Crippen LogP contribution is 2.34. The van der Waals surface area contributed by atoms with Gasteiger partial charge in [-0.2, -0.15) is 0 Å². The Balaban J connectivity index is 1.60. The average molecular weight is 321 g/mol. The average Bonchev–Trinajstić information content (AvgIpc) is 2.90. The van der Waals surface area contributed by atoms with Crippen LogP contribution in [0.3, 0.4) is 0 Å². The maximum Gasteiger partial charge on any atom is 0.253 e. The van der Waals surface area contributed by atoms with Crippen LogP contribution in [-0.4, -0.2) is 24.3 Å². The van der Waals surface area contributed by atoms with E-state index in [1.807, 2.05) is 41.9 Å². The van der Waals surface area contributed by atoms with Gasteiger partial charge < -0.3 is 4.57 Å². The lowest BCUT2D eigenvalue weighted by Gasteiger charge is -2.24. The van der Waals surface area contributed by atoms with Gasteiger partial charge in [-0.3, -0.25) is 9.36 Å². The van der Waals surface area contributed by atoms with Gasteiger partial charge in [-0.15, -0.1) is 10.2 Å². The van der Waals surface area contributed by atoms with Gasteiger partial charge in [0.15, 0.2) is 11.6 Å². The van der Waals surface area contributed by atoms with Gasteiger partial charge >= 0.3 is 0 Å². The van der Waals surface area contributed by atoms with Gasteiger partial charge in [-0.25, -0.2) is 4.98 Å². The van der Waals surface area contributed by atoms with E-state index < -0.39 is 0 Å². The van der Waals surface area contributed by atoms with Crippen LogP contribution in [0, 0.1) is 0 Å². The monoisotopic (exact) mass is 321 g/mol. The normalized spacial score (nSPS) is 14.5. The second-order valence-corrected chi connectivity index (χ2v) is 6.27. The molecule has 1 aromatic carbocycles. The Hall–Kier alpha value is -2.76. The molecule has 1 aliphatic rings. The summed E-state index contributed by atoms with van der Waals surface area (Å²) in [6, 6.07) is 11.6. The van der Waals surface area contributed by atoms with E-state index in [9.17, 15) is 4.79 Å². The molecule has 0 atom stereocenters. The number of hydrogen-bond donors (Lipinski definition) is 0. The second-order valence-electron chi connectivity index (χ2n) is 6.27. The summed E-state index contributed by atoms with van der Waals surface area (Å²) in [6.45, 7) is 0.368. The van der Waals surface area contributed by atoms with Crippen LogP contribution in [0.5, 0.6) is 0 Å². The van der Waals surface area contributed by atoms with Crippen molar-refractivity contribution in [1.29, 1.82) is 0 Å². The van der Waals surface area contributed by atoms with E-state index in [-0.39, 0.29) is 5.56 Å². The van der Waals surface area contributed by atoms with Crippen molar-refractivity contribution < 1.29 is 0 Å². The molecule has 0 saturated heterocycles. The van der Waals surface area contributed by atoms with Crippen LogP contribution in [0.1, 0.15) is 36.7 Å². The molecule has 2 heterocycles. The van der Waals surface area contributed by atoms with E-state index in [0.29, 0.717) is 12.5 Å². The molecule has 122 valence electrons. The highest BCUT2D eigenvalue weighted by molar-refractivity contribution is 5.54. The molecule has 0 bridgehead atoms. The van der Waals surface area contributed by atoms with E-state index >= 15 is 0 Å². The lowest BCUT2D eigenvalue weighted by Crippen LogP contribution is -2.24. The maximum absolute atomic E-state index is 12.3. The predicted molar refractivity (Wildman–Crippen MR) is 90.6 cm³/mol. The first kappa shape index (κ1) is 14.8. The molecular weight excluding hydrogens is 302 g/mol. The molecule has 1 fully saturated rings. The first-order valence-corrected chi connectivity index (χ1v) is 8.22. The third kappa shape index (κ3) is 2.64. The van der Waals surface area contributed by atoms with Gasteiger partial charge in [0.05, 0.1) is 18.6 Å². The van der Waals surface area contributed by atoms with Crippen molar-refractivity contribution in [1.82, 2.24) is 24.3 Å². The Labute approximate surface area is 139 Å². The van der Waals surface area contributed by atoms with Crippen LogP contribution in [0.2, 0.25) is 0 Å². The molecule has 0 radical (unpaired) electrons. The fourth-order valence-electron chi connectivity index (χ4n) is 2.98. The molecular formula is C18H19N5O. The largest absolute Gasteiger partial charge is 0.313 e. The molecule has 4 rings (SSSR count). The molecule has 0 N–H and O–H groups in total. The lowest BCUT2D eigenvalue weighted by molar-refractivity contribution is 0.408. The predicted octanol–water partition coefficient (Wildman–Crippen LogP) is 2.35. The summed E-state index contributed by atoms with van der Waals surface area (Å²) in [4.78, 5) is 16.8. The summed E-state index contributed by atoms with van der Waals surface area (Å²) in [5, 5.41) is 8.50. The van der Waals surface area contributed by atoms with Crippen molar-refractivity contribution >= 4 is 0 Å². The Kier molecular flexibility index (Phi) is 3.72. The molecule has 0 amide bonds. The van der Waals surface area contributed by atoms with Crippen molar-refractivity contribution in [2.24, 2.45) is 7.05 Å². The summed E-state index contributed by atoms with van der Waals surface area (Å²) in [5.74, 6) is 1.98. The maximum atomic E-state index is 12.3. The zero-order valence-corrected chi connectivity index (χ0v) is 13.6. The van der Waals surface area contributed by atoms with Gasteiger partial charge in [-0.05, 0) is 12.8 Å². The van der Waals surface area contributed by atoms with Crippen LogP contribution in [0.15, 0.2) is 47.5 Å². The lowest BCUT2D eigenvalue weighted by atomic mass is 9.83. The zero-order valence-electron chi connectivity index (χ0n) is 13.6. The van der Waals surface area contributed by atoms with E-state index in [2.05, 4.69) is 15.2 Å². The fourth-order valence-corrected chi connectivity index (χ4v) is 2.98. The number of benzene rings is 1. The molecule has 0 unspecified atom stereocenters. The smallest absolute Gasteiger partial charge is 0.253 e.